The third-order valence-electron chi connectivity index (χ3n) is 5.29. The molecule has 2 heterocycles. The zero-order chi connectivity index (χ0) is 16.2. The molecule has 0 spiro atoms. The predicted octanol–water partition coefficient (Wildman–Crippen LogP) is 3.32. The fourth-order valence-electron chi connectivity index (χ4n) is 4.06. The van der Waals surface area contributed by atoms with Gasteiger partial charge in [-0.1, -0.05) is 19.8 Å². The summed E-state index contributed by atoms with van der Waals surface area (Å²) in [6.07, 6.45) is 8.63. The topological polar surface area (TPSA) is 65.5 Å². The Balaban J connectivity index is 1.65. The molecule has 23 heavy (non-hydrogen) atoms. The summed E-state index contributed by atoms with van der Waals surface area (Å²) in [6.45, 7) is 2.87. The van der Waals surface area contributed by atoms with Crippen LogP contribution in [0, 0.1) is 5.92 Å². The molecule has 2 fully saturated rings. The Morgan fingerprint density at radius 3 is 2.96 bits per heavy atom. The Morgan fingerprint density at radius 1 is 1.43 bits per heavy atom. The highest BCUT2D eigenvalue weighted by molar-refractivity contribution is 7.09. The van der Waals surface area contributed by atoms with Crippen molar-refractivity contribution in [3.05, 3.63) is 16.6 Å². The molecule has 6 heteroatoms. The van der Waals surface area contributed by atoms with Crippen molar-refractivity contribution in [2.75, 3.05) is 6.54 Å². The summed E-state index contributed by atoms with van der Waals surface area (Å²) in [7, 11) is 0. The van der Waals surface area contributed by atoms with E-state index in [4.69, 9.17) is 0 Å². The van der Waals surface area contributed by atoms with E-state index >= 15 is 0 Å². The number of aromatic nitrogens is 1. The Morgan fingerprint density at radius 2 is 2.26 bits per heavy atom. The van der Waals surface area contributed by atoms with E-state index in [9.17, 15) is 9.90 Å². The van der Waals surface area contributed by atoms with E-state index in [0.29, 0.717) is 0 Å². The minimum absolute atomic E-state index is 0.00678. The van der Waals surface area contributed by atoms with Gasteiger partial charge in [0.05, 0.1) is 12.1 Å². The Kier molecular flexibility index (Phi) is 5.54. The Bertz CT molecular complexity index is 508. The van der Waals surface area contributed by atoms with Gasteiger partial charge in [0.15, 0.2) is 0 Å². The standard InChI is InChI=1S/C17H27N3O2S/c1-2-13(16-18-9-11-23-16)19-17(22)20-10-5-7-14(20)12-6-3-4-8-15(12)21/h9,11-15,21H,2-8,10H2,1H3,(H,19,22)/t12-,13+,14-,15-/m1/s1. The lowest BCUT2D eigenvalue weighted by Gasteiger charge is -2.37. The van der Waals surface area contributed by atoms with Gasteiger partial charge >= 0.3 is 6.03 Å². The quantitative estimate of drug-likeness (QED) is 0.886. The number of likely N-dealkylation sites (tertiary alicyclic amines) is 1. The molecule has 128 valence electrons. The molecule has 4 atom stereocenters. The van der Waals surface area contributed by atoms with Crippen molar-refractivity contribution >= 4 is 17.4 Å². The van der Waals surface area contributed by atoms with E-state index in [0.717, 1.165) is 50.1 Å². The van der Waals surface area contributed by atoms with Gasteiger partial charge in [-0.25, -0.2) is 9.78 Å². The number of carbonyl (C=O) groups is 1. The van der Waals surface area contributed by atoms with E-state index in [-0.39, 0.29) is 30.1 Å². The molecular weight excluding hydrogens is 310 g/mol. The second kappa shape index (κ2) is 7.62. The van der Waals surface area contributed by atoms with E-state index in [2.05, 4.69) is 17.2 Å². The molecule has 1 aliphatic heterocycles. The van der Waals surface area contributed by atoms with Crippen LogP contribution in [0.5, 0.6) is 0 Å². The third-order valence-corrected chi connectivity index (χ3v) is 6.18. The summed E-state index contributed by atoms with van der Waals surface area (Å²) < 4.78 is 0. The third kappa shape index (κ3) is 3.69. The molecule has 0 unspecified atom stereocenters. The molecule has 1 saturated heterocycles. The molecule has 2 amide bonds. The first kappa shape index (κ1) is 16.7. The van der Waals surface area contributed by atoms with Crippen molar-refractivity contribution in [2.24, 2.45) is 5.92 Å². The van der Waals surface area contributed by atoms with Crippen molar-refractivity contribution in [1.29, 1.82) is 0 Å². The van der Waals surface area contributed by atoms with Gasteiger partial charge < -0.3 is 15.3 Å². The number of nitrogens with one attached hydrogen (secondary N) is 1. The summed E-state index contributed by atoms with van der Waals surface area (Å²) in [6, 6.07) is 0.187. The predicted molar refractivity (Wildman–Crippen MR) is 91.4 cm³/mol. The van der Waals surface area contributed by atoms with Gasteiger partial charge in [-0.2, -0.15) is 0 Å². The molecule has 2 N–H and O–H groups in total. The highest BCUT2D eigenvalue weighted by Gasteiger charge is 2.39. The molecule has 1 aromatic heterocycles. The van der Waals surface area contributed by atoms with E-state index in [1.54, 1.807) is 17.5 Å². The molecule has 1 saturated carbocycles. The maximum absolute atomic E-state index is 12.8. The van der Waals surface area contributed by atoms with Crippen LogP contribution in [0.1, 0.15) is 62.9 Å². The number of aliphatic hydroxyl groups is 1. The van der Waals surface area contributed by atoms with E-state index in [1.165, 1.54) is 6.42 Å². The van der Waals surface area contributed by atoms with Gasteiger partial charge in [0, 0.05) is 30.1 Å². The van der Waals surface area contributed by atoms with Gasteiger partial charge in [-0.3, -0.25) is 0 Å². The van der Waals surface area contributed by atoms with Crippen molar-refractivity contribution in [1.82, 2.24) is 15.2 Å². The van der Waals surface area contributed by atoms with Crippen LogP contribution in [0.15, 0.2) is 11.6 Å². The Hall–Kier alpha value is -1.14. The summed E-state index contributed by atoms with van der Waals surface area (Å²) in [4.78, 5) is 19.1. The number of carbonyl (C=O) groups excluding carboxylic acids is 1. The molecular formula is C17H27N3O2S. The molecule has 1 aliphatic carbocycles. The normalized spacial score (nSPS) is 29.5. The number of rotatable bonds is 4. The molecule has 5 nitrogen and oxygen atoms in total. The summed E-state index contributed by atoms with van der Waals surface area (Å²) >= 11 is 1.59. The van der Waals surface area contributed by atoms with Crippen LogP contribution in [0.3, 0.4) is 0 Å². The number of hydrogen-bond donors (Lipinski definition) is 2. The van der Waals surface area contributed by atoms with Crippen LogP contribution in [0.25, 0.3) is 0 Å². The highest BCUT2D eigenvalue weighted by Crippen LogP contribution is 2.35. The van der Waals surface area contributed by atoms with Gasteiger partial charge in [0.1, 0.15) is 5.01 Å². The maximum atomic E-state index is 12.8. The molecule has 0 aromatic carbocycles. The number of hydrogen-bond acceptors (Lipinski definition) is 4. The van der Waals surface area contributed by atoms with Gasteiger partial charge in [0.25, 0.3) is 0 Å². The van der Waals surface area contributed by atoms with Crippen molar-refractivity contribution in [3.63, 3.8) is 0 Å². The van der Waals surface area contributed by atoms with Gasteiger partial charge in [-0.15, -0.1) is 11.3 Å². The second-order valence-electron chi connectivity index (χ2n) is 6.70. The molecule has 0 radical (unpaired) electrons. The van der Waals surface area contributed by atoms with Gasteiger partial charge in [-0.05, 0) is 32.1 Å². The number of amides is 2. The van der Waals surface area contributed by atoms with Crippen molar-refractivity contribution in [3.8, 4) is 0 Å². The first-order valence-corrected chi connectivity index (χ1v) is 9.73. The maximum Gasteiger partial charge on any atom is 0.318 e. The minimum atomic E-state index is -0.247. The molecule has 0 bridgehead atoms. The fourth-order valence-corrected chi connectivity index (χ4v) is 4.83. The summed E-state index contributed by atoms with van der Waals surface area (Å²) in [5, 5.41) is 16.4. The smallest absolute Gasteiger partial charge is 0.318 e. The second-order valence-corrected chi connectivity index (χ2v) is 7.63. The van der Waals surface area contributed by atoms with Crippen LogP contribution < -0.4 is 5.32 Å². The van der Waals surface area contributed by atoms with Crippen LogP contribution >= 0.6 is 11.3 Å². The molecule has 1 aromatic rings. The lowest BCUT2D eigenvalue weighted by molar-refractivity contribution is 0.0304. The zero-order valence-corrected chi connectivity index (χ0v) is 14.6. The largest absolute Gasteiger partial charge is 0.393 e. The first-order valence-electron chi connectivity index (χ1n) is 8.85. The minimum Gasteiger partial charge on any atom is -0.393 e. The zero-order valence-electron chi connectivity index (χ0n) is 13.8. The highest BCUT2D eigenvalue weighted by atomic mass is 32.1. The SMILES string of the molecule is CC[C@H](NC(=O)N1CCC[C@@H]1[C@H]1CCCC[C@H]1O)c1nccs1. The number of nitrogens with zero attached hydrogens (tertiary/aromatic N) is 2. The average Bonchev–Trinajstić information content (AvgIpc) is 3.24. The molecule has 2 aliphatic rings. The lowest BCUT2D eigenvalue weighted by Crippen LogP contribution is -2.49. The van der Waals surface area contributed by atoms with E-state index in [1.807, 2.05) is 10.3 Å². The van der Waals surface area contributed by atoms with Crippen LogP contribution in [0.4, 0.5) is 4.79 Å². The average molecular weight is 337 g/mol. The van der Waals surface area contributed by atoms with Crippen LogP contribution in [-0.2, 0) is 0 Å². The molecule has 3 rings (SSSR count). The lowest BCUT2D eigenvalue weighted by atomic mass is 9.80. The number of aliphatic hydroxyl groups excluding tert-OH is 1. The van der Waals surface area contributed by atoms with E-state index < -0.39 is 0 Å². The first-order chi connectivity index (χ1) is 11.2. The van der Waals surface area contributed by atoms with Crippen molar-refractivity contribution < 1.29 is 9.90 Å². The summed E-state index contributed by atoms with van der Waals surface area (Å²) in [5.74, 6) is 0.247. The van der Waals surface area contributed by atoms with Crippen molar-refractivity contribution in [2.45, 2.75) is 70.1 Å². The van der Waals surface area contributed by atoms with Gasteiger partial charge in [0.2, 0.25) is 0 Å². The van der Waals surface area contributed by atoms with Crippen LogP contribution in [-0.4, -0.2) is 39.7 Å². The number of thiazole rings is 1. The number of urea groups is 1. The summed E-state index contributed by atoms with van der Waals surface area (Å²) in [5.41, 5.74) is 0. The Labute approximate surface area is 142 Å². The van der Waals surface area contributed by atoms with Crippen LogP contribution in [0.2, 0.25) is 0 Å². The fraction of sp³-hybridized carbons (Fsp3) is 0.765. The monoisotopic (exact) mass is 337 g/mol.